The van der Waals surface area contributed by atoms with E-state index in [2.05, 4.69) is 25.8 Å². The largest absolute Gasteiger partial charge is 0.441 e. The molecule has 5 rings (SSSR count). The van der Waals surface area contributed by atoms with Crippen LogP contribution in [-0.4, -0.2) is 57.2 Å². The van der Waals surface area contributed by atoms with Gasteiger partial charge in [-0.3, -0.25) is 5.32 Å². The van der Waals surface area contributed by atoms with E-state index in [1.54, 1.807) is 19.2 Å². The fourth-order valence-corrected chi connectivity index (χ4v) is 4.86. The zero-order chi connectivity index (χ0) is 22.2. The van der Waals surface area contributed by atoms with Crippen LogP contribution in [0.2, 0.25) is 0 Å². The van der Waals surface area contributed by atoms with Crippen LogP contribution in [0.1, 0.15) is 31.6 Å². The molecule has 2 saturated heterocycles. The van der Waals surface area contributed by atoms with E-state index in [1.165, 1.54) is 0 Å². The fraction of sp³-hybridized carbons (Fsp3) is 0.455. The van der Waals surface area contributed by atoms with E-state index in [-0.39, 0.29) is 30.7 Å². The van der Waals surface area contributed by atoms with Crippen LogP contribution in [0.15, 0.2) is 34.9 Å². The van der Waals surface area contributed by atoms with E-state index < -0.39 is 6.43 Å². The van der Waals surface area contributed by atoms with Crippen molar-refractivity contribution in [3.8, 4) is 11.3 Å². The number of benzene rings is 1. The van der Waals surface area contributed by atoms with Crippen LogP contribution in [0.25, 0.3) is 22.2 Å². The Labute approximate surface area is 183 Å². The van der Waals surface area contributed by atoms with Crippen LogP contribution in [0, 0.1) is 6.92 Å². The highest BCUT2D eigenvalue weighted by Gasteiger charge is 2.43. The summed E-state index contributed by atoms with van der Waals surface area (Å²) in [6.45, 7) is 1.48. The van der Waals surface area contributed by atoms with Crippen molar-refractivity contribution in [1.29, 1.82) is 0 Å². The van der Waals surface area contributed by atoms with Gasteiger partial charge in [0.1, 0.15) is 0 Å². The van der Waals surface area contributed by atoms with Gasteiger partial charge in [-0.25, -0.2) is 18.6 Å². The van der Waals surface area contributed by atoms with Gasteiger partial charge in [0.05, 0.1) is 18.3 Å². The number of piperidine rings is 1. The maximum absolute atomic E-state index is 13.0. The predicted molar refractivity (Wildman–Crippen MR) is 114 cm³/mol. The summed E-state index contributed by atoms with van der Waals surface area (Å²) in [4.78, 5) is 19.0. The molecule has 2 aromatic heterocycles. The minimum Gasteiger partial charge on any atom is -0.441 e. The molecule has 0 saturated carbocycles. The van der Waals surface area contributed by atoms with Crippen molar-refractivity contribution >= 4 is 22.8 Å². The number of aryl methyl sites for hydroxylation is 1. The van der Waals surface area contributed by atoms with Crippen LogP contribution in [0.4, 0.5) is 19.4 Å². The van der Waals surface area contributed by atoms with Gasteiger partial charge in [-0.1, -0.05) is 0 Å². The van der Waals surface area contributed by atoms with Crippen molar-refractivity contribution in [2.45, 2.75) is 57.2 Å². The monoisotopic (exact) mass is 442 g/mol. The molecule has 2 bridgehead atoms. The summed E-state index contributed by atoms with van der Waals surface area (Å²) in [6.07, 6.45) is 2.43. The van der Waals surface area contributed by atoms with Gasteiger partial charge in [-0.15, -0.1) is 10.2 Å². The number of amides is 2. The number of hydrogen-bond acceptors (Lipinski definition) is 6. The molecule has 3 atom stereocenters. The quantitative estimate of drug-likeness (QED) is 0.621. The summed E-state index contributed by atoms with van der Waals surface area (Å²) in [5, 5.41) is 15.0. The van der Waals surface area contributed by atoms with Crippen LogP contribution < -0.4 is 10.6 Å². The first kappa shape index (κ1) is 20.7. The van der Waals surface area contributed by atoms with Gasteiger partial charge in [-0.05, 0) is 49.9 Å². The second-order valence-electron chi connectivity index (χ2n) is 8.44. The molecule has 32 heavy (non-hydrogen) atoms. The SMILES string of the molecule is Cc1ncc(-c2ccc3nnc(NC(=O)N4[C@@H]5CC[C@H]4C[C@@H](NCC(F)F)C5)cc3c2)o1. The standard InChI is InChI=1S/C22H24F2N6O2/c1-12-25-10-19(32-12)13-2-5-18-14(6-13)7-21(29-28-18)27-22(31)30-16-3-4-17(30)9-15(8-16)26-11-20(23)24/h2,5-7,10,15-17,20,26H,3-4,8-9,11H2,1H3,(H,27,29,31)/t15-,16+,17-. The number of halogens is 2. The van der Waals surface area contributed by atoms with Crippen molar-refractivity contribution in [1.82, 2.24) is 25.4 Å². The molecule has 168 valence electrons. The van der Waals surface area contributed by atoms with Gasteiger partial charge in [0, 0.05) is 36.0 Å². The number of oxazole rings is 1. The lowest BCUT2D eigenvalue weighted by molar-refractivity contribution is 0.115. The highest BCUT2D eigenvalue weighted by Crippen LogP contribution is 2.36. The second kappa shape index (κ2) is 8.42. The highest BCUT2D eigenvalue weighted by atomic mass is 19.3. The average Bonchev–Trinajstić information content (AvgIpc) is 3.32. The van der Waals surface area contributed by atoms with Crippen molar-refractivity contribution in [3.05, 3.63) is 36.4 Å². The van der Waals surface area contributed by atoms with Crippen molar-refractivity contribution in [2.75, 3.05) is 11.9 Å². The Morgan fingerprint density at radius 1 is 1.22 bits per heavy atom. The molecule has 1 aromatic carbocycles. The number of carbonyl (C=O) groups is 1. The Hall–Kier alpha value is -3.14. The van der Waals surface area contributed by atoms with Crippen LogP contribution in [0.5, 0.6) is 0 Å². The smallest absolute Gasteiger partial charge is 0.323 e. The number of fused-ring (bicyclic) bond motifs is 3. The Balaban J connectivity index is 1.29. The van der Waals surface area contributed by atoms with Gasteiger partial charge in [-0.2, -0.15) is 0 Å². The average molecular weight is 442 g/mol. The molecule has 0 radical (unpaired) electrons. The second-order valence-corrected chi connectivity index (χ2v) is 8.44. The molecule has 2 fully saturated rings. The zero-order valence-electron chi connectivity index (χ0n) is 17.6. The van der Waals surface area contributed by atoms with Crippen LogP contribution >= 0.6 is 0 Å². The lowest BCUT2D eigenvalue weighted by Gasteiger charge is -2.39. The lowest BCUT2D eigenvalue weighted by Crippen LogP contribution is -2.53. The van der Waals surface area contributed by atoms with Crippen molar-refractivity contribution in [3.63, 3.8) is 0 Å². The number of alkyl halides is 2. The van der Waals surface area contributed by atoms with Crippen LogP contribution in [0.3, 0.4) is 0 Å². The number of nitrogens with zero attached hydrogens (tertiary/aromatic N) is 4. The molecular weight excluding hydrogens is 418 g/mol. The number of aromatic nitrogens is 3. The third kappa shape index (κ3) is 4.14. The molecule has 8 nitrogen and oxygen atoms in total. The summed E-state index contributed by atoms with van der Waals surface area (Å²) < 4.78 is 30.6. The maximum Gasteiger partial charge on any atom is 0.323 e. The minimum absolute atomic E-state index is 0.0177. The Bertz CT molecular complexity index is 1120. The maximum atomic E-state index is 13.0. The third-order valence-electron chi connectivity index (χ3n) is 6.25. The molecule has 10 heteroatoms. The van der Waals surface area contributed by atoms with Crippen molar-refractivity contribution < 1.29 is 18.0 Å². The summed E-state index contributed by atoms with van der Waals surface area (Å²) >= 11 is 0. The number of urea groups is 1. The van der Waals surface area contributed by atoms with Crippen molar-refractivity contribution in [2.24, 2.45) is 0 Å². The van der Waals surface area contributed by atoms with Gasteiger partial charge < -0.3 is 14.6 Å². The number of carbonyl (C=O) groups excluding carboxylic acids is 1. The Morgan fingerprint density at radius 2 is 2.00 bits per heavy atom. The molecule has 2 aliphatic heterocycles. The van der Waals surface area contributed by atoms with Crippen LogP contribution in [-0.2, 0) is 0 Å². The zero-order valence-corrected chi connectivity index (χ0v) is 17.6. The highest BCUT2D eigenvalue weighted by molar-refractivity contribution is 5.92. The topological polar surface area (TPSA) is 96.2 Å². The molecule has 0 unspecified atom stereocenters. The first-order valence-corrected chi connectivity index (χ1v) is 10.8. The van der Waals surface area contributed by atoms with Gasteiger partial charge in [0.2, 0.25) is 0 Å². The molecule has 0 aliphatic carbocycles. The number of nitrogens with one attached hydrogen (secondary N) is 2. The van der Waals surface area contributed by atoms with E-state index in [1.807, 2.05) is 23.1 Å². The minimum atomic E-state index is -2.37. The number of anilines is 1. The molecule has 4 heterocycles. The van der Waals surface area contributed by atoms with E-state index in [0.29, 0.717) is 35.8 Å². The molecule has 2 N–H and O–H groups in total. The molecule has 3 aromatic rings. The number of hydrogen-bond donors (Lipinski definition) is 2. The summed E-state index contributed by atoms with van der Waals surface area (Å²) in [7, 11) is 0. The van der Waals surface area contributed by atoms with E-state index in [9.17, 15) is 13.6 Å². The molecule has 0 spiro atoms. The normalized spacial score (nSPS) is 22.6. The summed E-state index contributed by atoms with van der Waals surface area (Å²) in [6, 6.07) is 7.31. The van der Waals surface area contributed by atoms with Gasteiger partial charge >= 0.3 is 6.03 Å². The first-order chi connectivity index (χ1) is 15.5. The lowest BCUT2D eigenvalue weighted by atomic mass is 9.97. The van der Waals surface area contributed by atoms with E-state index >= 15 is 0 Å². The summed E-state index contributed by atoms with van der Waals surface area (Å²) in [5.74, 6) is 1.61. The number of rotatable bonds is 5. The molecule has 2 amide bonds. The predicted octanol–water partition coefficient (Wildman–Crippen LogP) is 3.98. The first-order valence-electron chi connectivity index (χ1n) is 10.8. The molecular formula is C22H24F2N6O2. The summed E-state index contributed by atoms with van der Waals surface area (Å²) in [5.41, 5.74) is 1.56. The third-order valence-corrected chi connectivity index (χ3v) is 6.25. The Morgan fingerprint density at radius 3 is 2.69 bits per heavy atom. The van der Waals surface area contributed by atoms with Gasteiger partial charge in [0.15, 0.2) is 17.5 Å². The Kier molecular flexibility index (Phi) is 5.46. The van der Waals surface area contributed by atoms with Gasteiger partial charge in [0.25, 0.3) is 6.43 Å². The fourth-order valence-electron chi connectivity index (χ4n) is 4.86. The molecule has 2 aliphatic rings. The van der Waals surface area contributed by atoms with E-state index in [4.69, 9.17) is 4.42 Å². The van der Waals surface area contributed by atoms with E-state index in [0.717, 1.165) is 23.8 Å².